The number of hydrogen-bond acceptors (Lipinski definition) is 6. The molecule has 0 aliphatic heterocycles. The van der Waals surface area contributed by atoms with Crippen LogP contribution in [0.4, 0.5) is 5.82 Å². The van der Waals surface area contributed by atoms with E-state index in [2.05, 4.69) is 15.0 Å². The predicted molar refractivity (Wildman–Crippen MR) is 63.3 cm³/mol. The molecule has 0 fully saturated rings. The smallest absolute Gasteiger partial charge is 0.334 e. The molecular formula is C10H13N5O3. The predicted octanol–water partition coefficient (Wildman–Crippen LogP) is -0.662. The van der Waals surface area contributed by atoms with Crippen LogP contribution in [0.25, 0.3) is 11.2 Å². The molecule has 0 aliphatic carbocycles. The van der Waals surface area contributed by atoms with Crippen molar-refractivity contribution in [3.8, 4) is 0 Å². The minimum absolute atomic E-state index is 0.101. The van der Waals surface area contributed by atoms with Crippen LogP contribution in [0, 0.1) is 0 Å². The monoisotopic (exact) mass is 251 g/mol. The Kier molecular flexibility index (Phi) is 3.11. The lowest BCUT2D eigenvalue weighted by molar-refractivity contribution is -0.147. The maximum Gasteiger partial charge on any atom is 0.334 e. The van der Waals surface area contributed by atoms with E-state index in [0.717, 1.165) is 0 Å². The molecule has 18 heavy (non-hydrogen) atoms. The molecule has 2 aromatic rings. The van der Waals surface area contributed by atoms with E-state index in [1.807, 2.05) is 14.1 Å². The molecule has 8 heteroatoms. The van der Waals surface area contributed by atoms with E-state index < -0.39 is 12.1 Å². The number of aliphatic carboxylic acids is 1. The summed E-state index contributed by atoms with van der Waals surface area (Å²) in [5.41, 5.74) is 1.06. The average molecular weight is 251 g/mol. The van der Waals surface area contributed by atoms with Crippen molar-refractivity contribution in [1.82, 2.24) is 19.5 Å². The molecule has 96 valence electrons. The van der Waals surface area contributed by atoms with Crippen molar-refractivity contribution in [3.05, 3.63) is 12.7 Å². The highest BCUT2D eigenvalue weighted by molar-refractivity contribution is 5.83. The lowest BCUT2D eigenvalue weighted by Crippen LogP contribution is -2.25. The first-order valence-electron chi connectivity index (χ1n) is 5.24. The molecular weight excluding hydrogens is 238 g/mol. The number of nitrogens with zero attached hydrogens (tertiary/aromatic N) is 5. The van der Waals surface area contributed by atoms with Crippen LogP contribution in [-0.4, -0.2) is 55.9 Å². The van der Waals surface area contributed by atoms with Crippen molar-refractivity contribution in [3.63, 3.8) is 0 Å². The van der Waals surface area contributed by atoms with Gasteiger partial charge in [0.2, 0.25) is 0 Å². The highest BCUT2D eigenvalue weighted by atomic mass is 16.4. The van der Waals surface area contributed by atoms with Crippen LogP contribution in [0.3, 0.4) is 0 Å². The highest BCUT2D eigenvalue weighted by Gasteiger charge is 2.17. The van der Waals surface area contributed by atoms with Crippen molar-refractivity contribution in [2.75, 3.05) is 19.0 Å². The summed E-state index contributed by atoms with van der Waals surface area (Å²) in [6.45, 7) is -0.101. The highest BCUT2D eigenvalue weighted by Crippen LogP contribution is 2.19. The van der Waals surface area contributed by atoms with Crippen LogP contribution in [0.15, 0.2) is 12.7 Å². The summed E-state index contributed by atoms with van der Waals surface area (Å²) in [5, 5.41) is 18.0. The summed E-state index contributed by atoms with van der Waals surface area (Å²) in [5.74, 6) is -0.637. The molecule has 0 saturated heterocycles. The second kappa shape index (κ2) is 4.57. The molecule has 0 radical (unpaired) electrons. The first-order chi connectivity index (χ1) is 8.50. The number of fused-ring (bicyclic) bond motifs is 1. The molecule has 8 nitrogen and oxygen atoms in total. The third-order valence-corrected chi connectivity index (χ3v) is 2.46. The van der Waals surface area contributed by atoms with Crippen molar-refractivity contribution in [1.29, 1.82) is 0 Å². The maximum absolute atomic E-state index is 10.6. The molecule has 2 N–H and O–H groups in total. The number of carboxylic acid groups (broad SMARTS) is 1. The molecule has 0 amide bonds. The Hall–Kier alpha value is -2.22. The number of carbonyl (C=O) groups is 1. The summed E-state index contributed by atoms with van der Waals surface area (Å²) < 4.78 is 1.49. The van der Waals surface area contributed by atoms with Crippen LogP contribution in [0.1, 0.15) is 0 Å². The average Bonchev–Trinajstić information content (AvgIpc) is 2.72. The van der Waals surface area contributed by atoms with Crippen LogP contribution in [0.2, 0.25) is 0 Å². The normalized spacial score (nSPS) is 12.6. The van der Waals surface area contributed by atoms with E-state index in [-0.39, 0.29) is 6.54 Å². The Morgan fingerprint density at radius 1 is 1.44 bits per heavy atom. The fourth-order valence-electron chi connectivity index (χ4n) is 1.59. The van der Waals surface area contributed by atoms with Crippen molar-refractivity contribution < 1.29 is 15.0 Å². The van der Waals surface area contributed by atoms with Gasteiger partial charge in [0, 0.05) is 14.1 Å². The summed E-state index contributed by atoms with van der Waals surface area (Å²) >= 11 is 0. The molecule has 2 aromatic heterocycles. The Balaban J connectivity index is 2.43. The van der Waals surface area contributed by atoms with E-state index in [9.17, 15) is 9.90 Å². The van der Waals surface area contributed by atoms with Gasteiger partial charge in [-0.25, -0.2) is 19.7 Å². The van der Waals surface area contributed by atoms with Crippen LogP contribution < -0.4 is 4.90 Å². The topological polar surface area (TPSA) is 104 Å². The zero-order chi connectivity index (χ0) is 13.3. The summed E-state index contributed by atoms with van der Waals surface area (Å²) in [6.07, 6.45) is 1.33. The molecule has 0 aromatic carbocycles. The Labute approximate surface area is 103 Å². The van der Waals surface area contributed by atoms with Gasteiger partial charge in [-0.05, 0) is 0 Å². The lowest BCUT2D eigenvalue weighted by atomic mass is 10.3. The van der Waals surface area contributed by atoms with Gasteiger partial charge in [-0.2, -0.15) is 0 Å². The lowest BCUT2D eigenvalue weighted by Gasteiger charge is -2.11. The minimum Gasteiger partial charge on any atom is -0.479 e. The maximum atomic E-state index is 10.6. The second-order valence-corrected chi connectivity index (χ2v) is 4.01. The van der Waals surface area contributed by atoms with Crippen molar-refractivity contribution >= 4 is 23.0 Å². The Morgan fingerprint density at radius 2 is 2.17 bits per heavy atom. The van der Waals surface area contributed by atoms with Gasteiger partial charge < -0.3 is 19.7 Å². The third-order valence-electron chi connectivity index (χ3n) is 2.46. The van der Waals surface area contributed by atoms with Gasteiger partial charge in [-0.15, -0.1) is 0 Å². The largest absolute Gasteiger partial charge is 0.479 e. The fraction of sp³-hybridized carbons (Fsp3) is 0.400. The van der Waals surface area contributed by atoms with Gasteiger partial charge >= 0.3 is 5.97 Å². The number of imidazole rings is 1. The van der Waals surface area contributed by atoms with Gasteiger partial charge in [0.25, 0.3) is 0 Å². The Morgan fingerprint density at radius 3 is 2.78 bits per heavy atom. The number of carboxylic acids is 1. The van der Waals surface area contributed by atoms with Crippen molar-refractivity contribution in [2.24, 2.45) is 0 Å². The third kappa shape index (κ3) is 2.09. The van der Waals surface area contributed by atoms with E-state index in [0.29, 0.717) is 17.0 Å². The first kappa shape index (κ1) is 12.2. The number of aliphatic hydroxyl groups excluding tert-OH is 1. The molecule has 2 heterocycles. The van der Waals surface area contributed by atoms with Gasteiger partial charge in [0.15, 0.2) is 23.1 Å². The van der Waals surface area contributed by atoms with E-state index in [1.54, 1.807) is 4.90 Å². The zero-order valence-electron chi connectivity index (χ0n) is 9.98. The van der Waals surface area contributed by atoms with E-state index in [1.165, 1.54) is 17.2 Å². The first-order valence-corrected chi connectivity index (χ1v) is 5.24. The quantitative estimate of drug-likeness (QED) is 0.743. The summed E-state index contributed by atoms with van der Waals surface area (Å²) in [4.78, 5) is 24.7. The molecule has 0 bridgehead atoms. The molecule has 1 atom stereocenters. The van der Waals surface area contributed by atoms with Gasteiger partial charge in [-0.1, -0.05) is 0 Å². The summed E-state index contributed by atoms with van der Waals surface area (Å²) in [7, 11) is 3.65. The standard InChI is InChI=1S/C10H13N5O3/c1-14(2)8-7-9(12-4-11-8)15(5-13-7)3-6(16)10(17)18/h4-6,16H,3H2,1-2H3,(H,17,18). The number of hydrogen-bond donors (Lipinski definition) is 2. The van der Waals surface area contributed by atoms with Crippen LogP contribution in [-0.2, 0) is 11.3 Å². The van der Waals surface area contributed by atoms with Gasteiger partial charge in [-0.3, -0.25) is 0 Å². The van der Waals surface area contributed by atoms with E-state index >= 15 is 0 Å². The molecule has 0 aliphatic rings. The zero-order valence-corrected chi connectivity index (χ0v) is 9.98. The molecule has 2 rings (SSSR count). The second-order valence-electron chi connectivity index (χ2n) is 4.01. The van der Waals surface area contributed by atoms with Gasteiger partial charge in [0.05, 0.1) is 12.9 Å². The van der Waals surface area contributed by atoms with Crippen molar-refractivity contribution in [2.45, 2.75) is 12.6 Å². The van der Waals surface area contributed by atoms with Crippen LogP contribution in [0.5, 0.6) is 0 Å². The number of anilines is 1. The molecule has 1 unspecified atom stereocenters. The molecule has 0 saturated carbocycles. The Bertz CT molecular complexity index is 580. The van der Waals surface area contributed by atoms with E-state index in [4.69, 9.17) is 5.11 Å². The molecule has 0 spiro atoms. The number of aromatic nitrogens is 4. The summed E-state index contributed by atoms with van der Waals surface area (Å²) in [6, 6.07) is 0. The SMILES string of the molecule is CN(C)c1ncnc2c1ncn2CC(O)C(=O)O. The number of rotatable bonds is 4. The van der Waals surface area contributed by atoms with Gasteiger partial charge in [0.1, 0.15) is 6.33 Å². The van der Waals surface area contributed by atoms with Crippen LogP contribution >= 0.6 is 0 Å². The fourth-order valence-corrected chi connectivity index (χ4v) is 1.59. The number of aliphatic hydroxyl groups is 1. The minimum atomic E-state index is -1.49.